The van der Waals surface area contributed by atoms with Gasteiger partial charge in [-0.3, -0.25) is 4.98 Å². The number of pyridine rings is 1. The number of aryl methyl sites for hydroxylation is 2. The Morgan fingerprint density at radius 1 is 1.24 bits per heavy atom. The molecule has 1 atom stereocenters. The zero-order chi connectivity index (χ0) is 15.0. The Morgan fingerprint density at radius 3 is 2.81 bits per heavy atom. The Balaban J connectivity index is 1.90. The summed E-state index contributed by atoms with van der Waals surface area (Å²) in [6, 6.07) is 8.83. The third-order valence-corrected chi connectivity index (χ3v) is 5.09. The number of thiophene rings is 1. The van der Waals surface area contributed by atoms with E-state index in [0.29, 0.717) is 0 Å². The van der Waals surface area contributed by atoms with Gasteiger partial charge >= 0.3 is 0 Å². The minimum absolute atomic E-state index is 0.210. The van der Waals surface area contributed by atoms with E-state index in [-0.39, 0.29) is 6.04 Å². The van der Waals surface area contributed by atoms with Gasteiger partial charge in [0.25, 0.3) is 0 Å². The van der Waals surface area contributed by atoms with Crippen molar-refractivity contribution in [1.29, 1.82) is 0 Å². The van der Waals surface area contributed by atoms with Gasteiger partial charge in [-0.05, 0) is 77.0 Å². The molecule has 1 N–H and O–H groups in total. The zero-order valence-corrected chi connectivity index (χ0v) is 14.7. The summed E-state index contributed by atoms with van der Waals surface area (Å²) in [6.45, 7) is 6.41. The molecular weight excluding hydrogens is 344 g/mol. The second kappa shape index (κ2) is 5.78. The van der Waals surface area contributed by atoms with Crippen LogP contribution in [0.2, 0.25) is 0 Å². The molecule has 1 unspecified atom stereocenters. The summed E-state index contributed by atoms with van der Waals surface area (Å²) < 4.78 is 2.35. The molecule has 0 radical (unpaired) electrons. The maximum atomic E-state index is 4.52. The second-order valence-corrected chi connectivity index (χ2v) is 7.18. The number of rotatable bonds is 3. The Bertz CT molecular complexity index is 771. The number of hydrogen-bond donors (Lipinski definition) is 1. The molecule has 4 heteroatoms. The van der Waals surface area contributed by atoms with E-state index >= 15 is 0 Å². The van der Waals surface area contributed by atoms with Crippen LogP contribution in [0.5, 0.6) is 0 Å². The Kier molecular flexibility index (Phi) is 4.00. The molecule has 3 aromatic rings. The summed E-state index contributed by atoms with van der Waals surface area (Å²) in [5, 5.41) is 5.68. The standard InChI is InChI=1S/C17H17BrN2S/c1-10-6-11(2)17(14(18)7-10)20-12(3)13-8-16-15(19-9-13)4-5-21-16/h4-9,12,20H,1-3H3. The fourth-order valence-electron chi connectivity index (χ4n) is 2.50. The second-order valence-electron chi connectivity index (χ2n) is 5.38. The summed E-state index contributed by atoms with van der Waals surface area (Å²) >= 11 is 5.39. The topological polar surface area (TPSA) is 24.9 Å². The van der Waals surface area contributed by atoms with Crippen molar-refractivity contribution >= 4 is 43.2 Å². The van der Waals surface area contributed by atoms with Crippen molar-refractivity contribution in [3.05, 3.63) is 57.0 Å². The summed E-state index contributed by atoms with van der Waals surface area (Å²) in [7, 11) is 0. The number of benzene rings is 1. The fraction of sp³-hybridized carbons (Fsp3) is 0.235. The van der Waals surface area contributed by atoms with E-state index in [2.05, 4.69) is 76.6 Å². The molecule has 0 aliphatic heterocycles. The molecule has 1 aromatic carbocycles. The average Bonchev–Trinajstić information content (AvgIpc) is 2.89. The van der Waals surface area contributed by atoms with E-state index in [0.717, 1.165) is 15.7 Å². The molecule has 0 spiro atoms. The van der Waals surface area contributed by atoms with Crippen molar-refractivity contribution in [2.24, 2.45) is 0 Å². The van der Waals surface area contributed by atoms with E-state index < -0.39 is 0 Å². The van der Waals surface area contributed by atoms with Gasteiger partial charge in [0.05, 0.1) is 21.9 Å². The molecule has 0 amide bonds. The highest BCUT2D eigenvalue weighted by molar-refractivity contribution is 9.10. The van der Waals surface area contributed by atoms with Gasteiger partial charge in [0.1, 0.15) is 0 Å². The number of aromatic nitrogens is 1. The first kappa shape index (κ1) is 14.5. The highest BCUT2D eigenvalue weighted by atomic mass is 79.9. The minimum atomic E-state index is 0.210. The van der Waals surface area contributed by atoms with Crippen LogP contribution < -0.4 is 5.32 Å². The first-order chi connectivity index (χ1) is 10.0. The summed E-state index contributed by atoms with van der Waals surface area (Å²) in [4.78, 5) is 4.52. The zero-order valence-electron chi connectivity index (χ0n) is 12.3. The van der Waals surface area contributed by atoms with Gasteiger partial charge in [-0.2, -0.15) is 0 Å². The van der Waals surface area contributed by atoms with Crippen molar-refractivity contribution in [1.82, 2.24) is 4.98 Å². The van der Waals surface area contributed by atoms with Gasteiger partial charge in [0.2, 0.25) is 0 Å². The lowest BCUT2D eigenvalue weighted by molar-refractivity contribution is 0.876. The molecule has 21 heavy (non-hydrogen) atoms. The van der Waals surface area contributed by atoms with Crippen LogP contribution in [-0.2, 0) is 0 Å². The fourth-order valence-corrected chi connectivity index (χ4v) is 4.07. The number of anilines is 1. The maximum absolute atomic E-state index is 4.52. The van der Waals surface area contributed by atoms with Gasteiger partial charge in [0, 0.05) is 10.7 Å². The molecule has 2 aromatic heterocycles. The Morgan fingerprint density at radius 2 is 2.05 bits per heavy atom. The van der Waals surface area contributed by atoms with Gasteiger partial charge in [-0.15, -0.1) is 11.3 Å². The lowest BCUT2D eigenvalue weighted by atomic mass is 10.1. The van der Waals surface area contributed by atoms with Crippen molar-refractivity contribution in [2.75, 3.05) is 5.32 Å². The molecule has 2 heterocycles. The first-order valence-corrected chi connectivity index (χ1v) is 8.58. The van der Waals surface area contributed by atoms with Gasteiger partial charge in [0.15, 0.2) is 0 Å². The van der Waals surface area contributed by atoms with E-state index in [1.54, 1.807) is 11.3 Å². The Hall–Kier alpha value is -1.39. The largest absolute Gasteiger partial charge is 0.377 e. The number of nitrogens with zero attached hydrogens (tertiary/aromatic N) is 1. The molecule has 0 aliphatic rings. The molecule has 0 fully saturated rings. The van der Waals surface area contributed by atoms with Crippen LogP contribution in [0.4, 0.5) is 5.69 Å². The van der Waals surface area contributed by atoms with Gasteiger partial charge < -0.3 is 5.32 Å². The van der Waals surface area contributed by atoms with Crippen LogP contribution in [0.25, 0.3) is 10.2 Å². The first-order valence-electron chi connectivity index (χ1n) is 6.91. The molecule has 0 aliphatic carbocycles. The lowest BCUT2D eigenvalue weighted by Gasteiger charge is -2.19. The molecule has 2 nitrogen and oxygen atoms in total. The highest BCUT2D eigenvalue weighted by Gasteiger charge is 2.11. The monoisotopic (exact) mass is 360 g/mol. The smallest absolute Gasteiger partial charge is 0.0809 e. The van der Waals surface area contributed by atoms with Crippen LogP contribution >= 0.6 is 27.3 Å². The molecule has 0 bridgehead atoms. The quantitative estimate of drug-likeness (QED) is 0.633. The molecule has 3 rings (SSSR count). The number of hydrogen-bond acceptors (Lipinski definition) is 3. The van der Waals surface area contributed by atoms with Crippen LogP contribution in [0.1, 0.15) is 29.7 Å². The minimum Gasteiger partial charge on any atom is -0.377 e. The number of fused-ring (bicyclic) bond motifs is 1. The van der Waals surface area contributed by atoms with Crippen molar-refractivity contribution in [3.63, 3.8) is 0 Å². The van der Waals surface area contributed by atoms with E-state index in [1.807, 2.05) is 6.20 Å². The summed E-state index contributed by atoms with van der Waals surface area (Å²) in [5.41, 5.74) is 5.94. The highest BCUT2D eigenvalue weighted by Crippen LogP contribution is 2.31. The predicted molar refractivity (Wildman–Crippen MR) is 95.3 cm³/mol. The van der Waals surface area contributed by atoms with Crippen molar-refractivity contribution in [3.8, 4) is 0 Å². The lowest BCUT2D eigenvalue weighted by Crippen LogP contribution is -2.08. The third kappa shape index (κ3) is 2.97. The van der Waals surface area contributed by atoms with E-state index in [4.69, 9.17) is 0 Å². The normalized spacial score (nSPS) is 12.6. The van der Waals surface area contributed by atoms with Crippen molar-refractivity contribution in [2.45, 2.75) is 26.8 Å². The molecule has 0 saturated heterocycles. The van der Waals surface area contributed by atoms with Crippen LogP contribution in [0, 0.1) is 13.8 Å². The van der Waals surface area contributed by atoms with E-state index in [9.17, 15) is 0 Å². The summed E-state index contributed by atoms with van der Waals surface area (Å²) in [5.74, 6) is 0. The number of halogens is 1. The molecular formula is C17H17BrN2S. The number of nitrogens with one attached hydrogen (secondary N) is 1. The predicted octanol–water partition coefficient (Wildman–Crippen LogP) is 5.85. The van der Waals surface area contributed by atoms with Crippen LogP contribution in [0.3, 0.4) is 0 Å². The maximum Gasteiger partial charge on any atom is 0.0809 e. The van der Waals surface area contributed by atoms with Gasteiger partial charge in [-0.25, -0.2) is 0 Å². The van der Waals surface area contributed by atoms with Gasteiger partial charge in [-0.1, -0.05) is 6.07 Å². The van der Waals surface area contributed by atoms with Crippen LogP contribution in [0.15, 0.2) is 40.3 Å². The van der Waals surface area contributed by atoms with Crippen LogP contribution in [-0.4, -0.2) is 4.98 Å². The SMILES string of the molecule is Cc1cc(C)c(NC(C)c2cnc3ccsc3c2)c(Br)c1. The summed E-state index contributed by atoms with van der Waals surface area (Å²) in [6.07, 6.45) is 1.96. The van der Waals surface area contributed by atoms with E-state index in [1.165, 1.54) is 21.4 Å². The molecule has 0 saturated carbocycles. The third-order valence-electron chi connectivity index (χ3n) is 3.62. The molecule has 108 valence electrons. The van der Waals surface area contributed by atoms with Crippen molar-refractivity contribution < 1.29 is 0 Å². The Labute approximate surface area is 137 Å². The average molecular weight is 361 g/mol.